The summed E-state index contributed by atoms with van der Waals surface area (Å²) in [6.07, 6.45) is 4.46. The van der Waals surface area contributed by atoms with E-state index >= 15 is 0 Å². The van der Waals surface area contributed by atoms with Crippen molar-refractivity contribution >= 4 is 16.9 Å². The summed E-state index contributed by atoms with van der Waals surface area (Å²) >= 11 is 0. The average Bonchev–Trinajstić information content (AvgIpc) is 3.42. The number of aryl methyl sites for hydroxylation is 1. The van der Waals surface area contributed by atoms with Crippen LogP contribution in [0.5, 0.6) is 11.5 Å². The van der Waals surface area contributed by atoms with E-state index in [-0.39, 0.29) is 11.9 Å². The molecule has 36 heavy (non-hydrogen) atoms. The highest BCUT2D eigenvalue weighted by Crippen LogP contribution is 2.39. The van der Waals surface area contributed by atoms with E-state index in [0.717, 1.165) is 53.2 Å². The lowest BCUT2D eigenvalue weighted by Gasteiger charge is -2.23. The van der Waals surface area contributed by atoms with Crippen molar-refractivity contribution in [3.63, 3.8) is 0 Å². The maximum atomic E-state index is 13.9. The summed E-state index contributed by atoms with van der Waals surface area (Å²) in [6, 6.07) is 24.1. The van der Waals surface area contributed by atoms with Gasteiger partial charge in [-0.3, -0.25) is 9.69 Å². The lowest BCUT2D eigenvalue weighted by atomic mass is 9.79. The number of hydrogen-bond acceptors (Lipinski definition) is 4. The molecule has 0 amide bonds. The van der Waals surface area contributed by atoms with Gasteiger partial charge in [0.2, 0.25) is 0 Å². The minimum absolute atomic E-state index is 0.0586. The van der Waals surface area contributed by atoms with Crippen LogP contribution in [0.1, 0.15) is 60.2 Å². The summed E-state index contributed by atoms with van der Waals surface area (Å²) < 4.78 is 11.8. The average molecular weight is 482 g/mol. The molecule has 0 unspecified atom stereocenters. The van der Waals surface area contributed by atoms with Gasteiger partial charge in [0.05, 0.1) is 6.10 Å². The van der Waals surface area contributed by atoms with Crippen molar-refractivity contribution < 1.29 is 14.3 Å². The highest BCUT2D eigenvalue weighted by Gasteiger charge is 2.26. The van der Waals surface area contributed by atoms with Gasteiger partial charge in [0.1, 0.15) is 18.1 Å². The van der Waals surface area contributed by atoms with E-state index in [4.69, 9.17) is 9.47 Å². The van der Waals surface area contributed by atoms with Gasteiger partial charge in [-0.15, -0.1) is 0 Å². The Bertz CT molecular complexity index is 1220. The summed E-state index contributed by atoms with van der Waals surface area (Å²) in [4.78, 5) is 16.4. The van der Waals surface area contributed by atoms with Crippen molar-refractivity contribution in [2.24, 2.45) is 0 Å². The topological polar surface area (TPSA) is 38.8 Å². The number of nitrogens with zero attached hydrogens (tertiary/aromatic N) is 1. The Hall–Kier alpha value is -3.37. The zero-order chi connectivity index (χ0) is 24.9. The van der Waals surface area contributed by atoms with Crippen LogP contribution in [0.25, 0.3) is 11.1 Å². The quantitative estimate of drug-likeness (QED) is 0.319. The molecule has 0 atom stereocenters. The van der Waals surface area contributed by atoms with Crippen LogP contribution in [-0.2, 0) is 6.42 Å². The highest BCUT2D eigenvalue weighted by molar-refractivity contribution is 6.35. The number of allylic oxidation sites excluding steroid dienone is 2. The van der Waals surface area contributed by atoms with Crippen LogP contribution in [0.15, 0.2) is 72.8 Å². The zero-order valence-electron chi connectivity index (χ0n) is 21.3. The monoisotopic (exact) mass is 481 g/mol. The Morgan fingerprint density at radius 2 is 1.56 bits per heavy atom. The number of Topliss-reactive ketones (excluding diaryl/α,β-unsaturated/α-hetero) is 1. The molecule has 0 saturated carbocycles. The number of ether oxygens (including phenoxy) is 2. The number of benzene rings is 3. The molecule has 0 spiro atoms. The molecule has 0 N–H and O–H groups in total. The second kappa shape index (κ2) is 11.1. The molecule has 5 rings (SSSR count). The van der Waals surface area contributed by atoms with E-state index in [2.05, 4.69) is 35.2 Å². The van der Waals surface area contributed by atoms with Crippen molar-refractivity contribution in [1.82, 2.24) is 4.90 Å². The summed E-state index contributed by atoms with van der Waals surface area (Å²) in [5.41, 5.74) is 5.93. The van der Waals surface area contributed by atoms with Crippen molar-refractivity contribution in [2.45, 2.75) is 45.6 Å². The van der Waals surface area contributed by atoms with Gasteiger partial charge in [0.15, 0.2) is 5.78 Å². The summed E-state index contributed by atoms with van der Waals surface area (Å²) in [6.45, 7) is 8.01. The zero-order valence-corrected chi connectivity index (χ0v) is 21.3. The molecule has 186 valence electrons. The van der Waals surface area contributed by atoms with Gasteiger partial charge in [-0.25, -0.2) is 0 Å². The van der Waals surface area contributed by atoms with Crippen LogP contribution in [0.3, 0.4) is 0 Å². The van der Waals surface area contributed by atoms with Crippen LogP contribution in [-0.4, -0.2) is 43.0 Å². The maximum absolute atomic E-state index is 13.9. The standard InChI is InChI=1S/C32H35NO3/c1-23(2)36-28-16-9-25(10-17-28)30-18-13-24-7-3-4-8-29(24)31(30)32(34)26-11-14-27(15-12-26)35-22-21-33-19-5-6-20-33/h3-4,7-12,14-17,23H,5-6,13,18-22H2,1-2H3. The molecule has 1 heterocycles. The minimum atomic E-state index is 0.0586. The highest BCUT2D eigenvalue weighted by atomic mass is 16.5. The first-order valence-corrected chi connectivity index (χ1v) is 13.2. The van der Waals surface area contributed by atoms with Crippen molar-refractivity contribution in [3.8, 4) is 11.5 Å². The Morgan fingerprint density at radius 3 is 2.28 bits per heavy atom. The fourth-order valence-electron chi connectivity index (χ4n) is 5.23. The van der Waals surface area contributed by atoms with Gasteiger partial charge in [-0.1, -0.05) is 36.4 Å². The fourth-order valence-corrected chi connectivity index (χ4v) is 5.23. The third-order valence-corrected chi connectivity index (χ3v) is 7.03. The van der Waals surface area contributed by atoms with Crippen molar-refractivity contribution in [2.75, 3.05) is 26.2 Å². The second-order valence-electron chi connectivity index (χ2n) is 9.95. The number of hydrogen-bond donors (Lipinski definition) is 0. The van der Waals surface area contributed by atoms with E-state index in [9.17, 15) is 4.79 Å². The first kappa shape index (κ1) is 24.3. The summed E-state index contributed by atoms with van der Waals surface area (Å²) in [5, 5.41) is 0. The Kier molecular flexibility index (Phi) is 7.52. The molecule has 3 aromatic carbocycles. The van der Waals surface area contributed by atoms with Crippen LogP contribution >= 0.6 is 0 Å². The smallest absolute Gasteiger partial charge is 0.193 e. The Morgan fingerprint density at radius 1 is 0.861 bits per heavy atom. The molecule has 1 saturated heterocycles. The number of rotatable bonds is 9. The molecular weight excluding hydrogens is 446 g/mol. The maximum Gasteiger partial charge on any atom is 0.193 e. The number of carbonyl (C=O) groups is 1. The Balaban J connectivity index is 1.40. The van der Waals surface area contributed by atoms with Gasteiger partial charge < -0.3 is 9.47 Å². The van der Waals surface area contributed by atoms with Gasteiger partial charge in [0.25, 0.3) is 0 Å². The molecular formula is C32H35NO3. The van der Waals surface area contributed by atoms with Crippen molar-refractivity contribution in [1.29, 1.82) is 0 Å². The minimum Gasteiger partial charge on any atom is -0.492 e. The summed E-state index contributed by atoms with van der Waals surface area (Å²) in [5.74, 6) is 1.71. The first-order valence-electron chi connectivity index (χ1n) is 13.2. The molecule has 0 aromatic heterocycles. The lowest BCUT2D eigenvalue weighted by Crippen LogP contribution is -2.25. The van der Waals surface area contributed by atoms with E-state index in [0.29, 0.717) is 12.2 Å². The largest absolute Gasteiger partial charge is 0.492 e. The molecule has 1 aliphatic heterocycles. The van der Waals surface area contributed by atoms with Gasteiger partial charge in [0, 0.05) is 17.7 Å². The van der Waals surface area contributed by atoms with Gasteiger partial charge in [-0.2, -0.15) is 0 Å². The van der Waals surface area contributed by atoms with E-state index in [1.54, 1.807) is 0 Å². The van der Waals surface area contributed by atoms with Crippen molar-refractivity contribution in [3.05, 3.63) is 95.1 Å². The fraction of sp³-hybridized carbons (Fsp3) is 0.344. The molecule has 0 bridgehead atoms. The van der Waals surface area contributed by atoms with Crippen LogP contribution < -0.4 is 9.47 Å². The van der Waals surface area contributed by atoms with Crippen LogP contribution in [0.4, 0.5) is 0 Å². The van der Waals surface area contributed by atoms with E-state index in [1.807, 2.05) is 56.3 Å². The molecule has 4 nitrogen and oxygen atoms in total. The van der Waals surface area contributed by atoms with E-state index in [1.165, 1.54) is 31.5 Å². The second-order valence-corrected chi connectivity index (χ2v) is 9.95. The number of fused-ring (bicyclic) bond motifs is 1. The van der Waals surface area contributed by atoms with E-state index < -0.39 is 0 Å². The van der Waals surface area contributed by atoms with Gasteiger partial charge in [-0.05, 0) is 111 Å². The molecule has 2 aliphatic rings. The summed E-state index contributed by atoms with van der Waals surface area (Å²) in [7, 11) is 0. The third kappa shape index (κ3) is 5.55. The molecule has 1 fully saturated rings. The number of likely N-dealkylation sites (tertiary alicyclic amines) is 1. The van der Waals surface area contributed by atoms with Crippen LogP contribution in [0, 0.1) is 0 Å². The number of carbonyl (C=O) groups excluding carboxylic acids is 1. The SMILES string of the molecule is CC(C)Oc1ccc(C2=C(C(=O)c3ccc(OCCN4CCCC4)cc3)c3ccccc3CC2)cc1. The van der Waals surface area contributed by atoms with Crippen LogP contribution in [0.2, 0.25) is 0 Å². The predicted octanol–water partition coefficient (Wildman–Crippen LogP) is 6.69. The third-order valence-electron chi connectivity index (χ3n) is 7.03. The predicted molar refractivity (Wildman–Crippen MR) is 146 cm³/mol. The number of ketones is 1. The molecule has 4 heteroatoms. The molecule has 3 aromatic rings. The molecule has 1 aliphatic carbocycles. The lowest BCUT2D eigenvalue weighted by molar-refractivity contribution is 0.105. The van der Waals surface area contributed by atoms with Gasteiger partial charge >= 0.3 is 0 Å². The Labute approximate surface area is 214 Å². The molecule has 0 radical (unpaired) electrons. The normalized spacial score (nSPS) is 15.8. The first-order chi connectivity index (χ1) is 17.6.